The van der Waals surface area contributed by atoms with Crippen LogP contribution in [0.5, 0.6) is 11.5 Å². The van der Waals surface area contributed by atoms with Gasteiger partial charge in [0.1, 0.15) is 0 Å². The monoisotopic (exact) mass is 484 g/mol. The summed E-state index contributed by atoms with van der Waals surface area (Å²) in [6.45, 7) is 0. The van der Waals surface area contributed by atoms with Crippen LogP contribution in [0.2, 0.25) is 0 Å². The maximum atomic E-state index is 12.8. The lowest BCUT2D eigenvalue weighted by molar-refractivity contribution is 0.0956. The zero-order chi connectivity index (χ0) is 22.4. The van der Waals surface area contributed by atoms with Gasteiger partial charge in [-0.25, -0.2) is 5.43 Å². The summed E-state index contributed by atoms with van der Waals surface area (Å²) >= 11 is 3.35. The molecular formula is C22H21BrN4O4. The number of nitrogens with one attached hydrogen (secondary N) is 2. The molecule has 0 saturated heterocycles. The Bertz CT molecular complexity index is 1140. The van der Waals surface area contributed by atoms with Crippen molar-refractivity contribution in [3.05, 3.63) is 76.0 Å². The van der Waals surface area contributed by atoms with Crippen LogP contribution in [0, 0.1) is 0 Å². The summed E-state index contributed by atoms with van der Waals surface area (Å²) in [6.07, 6.45) is 3.41. The van der Waals surface area contributed by atoms with Gasteiger partial charge in [-0.1, -0.05) is 15.9 Å². The van der Waals surface area contributed by atoms with Gasteiger partial charge in [-0.2, -0.15) is 5.10 Å². The van der Waals surface area contributed by atoms with Gasteiger partial charge in [0, 0.05) is 23.3 Å². The van der Waals surface area contributed by atoms with E-state index in [2.05, 4.69) is 31.8 Å². The van der Waals surface area contributed by atoms with Crippen molar-refractivity contribution in [3.8, 4) is 11.5 Å². The molecule has 0 aliphatic rings. The molecule has 0 aliphatic carbocycles. The normalized spacial score (nSPS) is 10.7. The highest BCUT2D eigenvalue weighted by molar-refractivity contribution is 9.10. The summed E-state index contributed by atoms with van der Waals surface area (Å²) in [4.78, 5) is 25.5. The number of carbonyl (C=O) groups is 2. The molecule has 9 heteroatoms. The molecule has 0 radical (unpaired) electrons. The van der Waals surface area contributed by atoms with Crippen molar-refractivity contribution >= 4 is 39.6 Å². The molecule has 0 saturated carbocycles. The van der Waals surface area contributed by atoms with Crippen LogP contribution < -0.4 is 20.2 Å². The molecule has 1 aromatic heterocycles. The number of aromatic nitrogens is 1. The second-order valence-electron chi connectivity index (χ2n) is 6.46. The zero-order valence-corrected chi connectivity index (χ0v) is 18.8. The topological polar surface area (TPSA) is 94.0 Å². The third kappa shape index (κ3) is 5.32. The van der Waals surface area contributed by atoms with Gasteiger partial charge in [-0.05, 0) is 48.5 Å². The maximum absolute atomic E-state index is 12.8. The molecule has 31 heavy (non-hydrogen) atoms. The number of nitrogens with zero attached hydrogens (tertiary/aromatic N) is 2. The molecule has 2 N–H and O–H groups in total. The maximum Gasteiger partial charge on any atom is 0.273 e. The number of methoxy groups -OCH3 is 2. The number of anilines is 1. The van der Waals surface area contributed by atoms with Crippen LogP contribution in [0.15, 0.2) is 64.3 Å². The number of halogens is 1. The van der Waals surface area contributed by atoms with Crippen molar-refractivity contribution in [2.24, 2.45) is 12.1 Å². The van der Waals surface area contributed by atoms with Crippen LogP contribution in [-0.2, 0) is 7.05 Å². The Morgan fingerprint density at radius 2 is 1.81 bits per heavy atom. The first-order chi connectivity index (χ1) is 14.9. The van der Waals surface area contributed by atoms with E-state index in [1.807, 2.05) is 29.9 Å². The zero-order valence-electron chi connectivity index (χ0n) is 17.2. The summed E-state index contributed by atoms with van der Waals surface area (Å²) < 4.78 is 13.0. The molecule has 0 unspecified atom stereocenters. The fourth-order valence-corrected chi connectivity index (χ4v) is 3.17. The molecule has 2 amide bonds. The molecule has 8 nitrogen and oxygen atoms in total. The van der Waals surface area contributed by atoms with Gasteiger partial charge in [0.25, 0.3) is 11.8 Å². The van der Waals surface area contributed by atoms with Crippen molar-refractivity contribution in [2.45, 2.75) is 0 Å². The molecular weight excluding hydrogens is 464 g/mol. The third-order valence-electron chi connectivity index (χ3n) is 4.47. The molecule has 0 aliphatic heterocycles. The van der Waals surface area contributed by atoms with Crippen LogP contribution in [0.3, 0.4) is 0 Å². The average Bonchev–Trinajstić information content (AvgIpc) is 3.18. The highest BCUT2D eigenvalue weighted by Gasteiger charge is 2.16. The number of carbonyl (C=O) groups excluding carboxylic acids is 2. The minimum atomic E-state index is -0.464. The Labute approximate surface area is 188 Å². The fourth-order valence-electron chi connectivity index (χ4n) is 2.81. The Morgan fingerprint density at radius 1 is 1.03 bits per heavy atom. The summed E-state index contributed by atoms with van der Waals surface area (Å²) in [7, 11) is 4.89. The van der Waals surface area contributed by atoms with Gasteiger partial charge < -0.3 is 19.4 Å². The van der Waals surface area contributed by atoms with E-state index in [0.29, 0.717) is 27.2 Å². The van der Waals surface area contributed by atoms with E-state index in [1.165, 1.54) is 20.4 Å². The lowest BCUT2D eigenvalue weighted by atomic mass is 10.1. The molecule has 2 aromatic carbocycles. The van der Waals surface area contributed by atoms with Crippen molar-refractivity contribution in [1.82, 2.24) is 9.99 Å². The summed E-state index contributed by atoms with van der Waals surface area (Å²) in [5, 5.41) is 6.76. The van der Waals surface area contributed by atoms with Gasteiger partial charge >= 0.3 is 0 Å². The number of benzene rings is 2. The first-order valence-electron chi connectivity index (χ1n) is 9.20. The average molecular weight is 485 g/mol. The highest BCUT2D eigenvalue weighted by Crippen LogP contribution is 2.28. The summed E-state index contributed by atoms with van der Waals surface area (Å²) in [5.41, 5.74) is 4.27. The number of amides is 2. The smallest absolute Gasteiger partial charge is 0.273 e. The Kier molecular flexibility index (Phi) is 7.09. The van der Waals surface area contributed by atoms with E-state index >= 15 is 0 Å². The van der Waals surface area contributed by atoms with Crippen LogP contribution in [-0.4, -0.2) is 36.8 Å². The summed E-state index contributed by atoms with van der Waals surface area (Å²) in [6, 6.07) is 13.5. The van der Waals surface area contributed by atoms with Crippen LogP contribution in [0.4, 0.5) is 5.69 Å². The first-order valence-corrected chi connectivity index (χ1v) is 10.00. The highest BCUT2D eigenvalue weighted by atomic mass is 79.9. The van der Waals surface area contributed by atoms with E-state index < -0.39 is 11.8 Å². The SMILES string of the molecule is COc1ccc(C(=O)Nc2ccc(Br)cc2C(=O)N/N=C/c2cccn2C)cc1OC. The van der Waals surface area contributed by atoms with Crippen LogP contribution in [0.25, 0.3) is 0 Å². The molecule has 0 bridgehead atoms. The van der Waals surface area contributed by atoms with Gasteiger partial charge in [0.2, 0.25) is 0 Å². The quantitative estimate of drug-likeness (QED) is 0.393. The number of hydrogen-bond acceptors (Lipinski definition) is 5. The van der Waals surface area contributed by atoms with E-state index in [4.69, 9.17) is 9.47 Å². The van der Waals surface area contributed by atoms with E-state index in [0.717, 1.165) is 5.69 Å². The van der Waals surface area contributed by atoms with Crippen LogP contribution in [0.1, 0.15) is 26.4 Å². The van der Waals surface area contributed by atoms with Gasteiger partial charge in [-0.15, -0.1) is 0 Å². The second-order valence-corrected chi connectivity index (χ2v) is 7.37. The number of rotatable bonds is 7. The van der Waals surface area contributed by atoms with Gasteiger partial charge in [-0.3, -0.25) is 9.59 Å². The number of ether oxygens (including phenoxy) is 2. The Balaban J connectivity index is 1.79. The molecule has 0 fully saturated rings. The molecule has 1 heterocycles. The van der Waals surface area contributed by atoms with Crippen molar-refractivity contribution < 1.29 is 19.1 Å². The molecule has 160 valence electrons. The second kappa shape index (κ2) is 9.94. The van der Waals surface area contributed by atoms with Gasteiger partial charge in [0.05, 0.1) is 37.4 Å². The number of hydrogen-bond donors (Lipinski definition) is 2. The van der Waals surface area contributed by atoms with Crippen molar-refractivity contribution in [2.75, 3.05) is 19.5 Å². The van der Waals surface area contributed by atoms with Crippen molar-refractivity contribution in [1.29, 1.82) is 0 Å². The van der Waals surface area contributed by atoms with E-state index in [1.54, 1.807) is 36.4 Å². The molecule has 0 spiro atoms. The van der Waals surface area contributed by atoms with Crippen LogP contribution >= 0.6 is 15.9 Å². The van der Waals surface area contributed by atoms with E-state index in [9.17, 15) is 9.59 Å². The van der Waals surface area contributed by atoms with Gasteiger partial charge in [0.15, 0.2) is 11.5 Å². The summed E-state index contributed by atoms with van der Waals surface area (Å²) in [5.74, 6) is 0.0804. The lowest BCUT2D eigenvalue weighted by Gasteiger charge is -2.12. The number of hydrazone groups is 1. The molecule has 3 aromatic rings. The first kappa shape index (κ1) is 22.1. The minimum Gasteiger partial charge on any atom is -0.493 e. The third-order valence-corrected chi connectivity index (χ3v) is 4.96. The van der Waals surface area contributed by atoms with Crippen molar-refractivity contribution in [3.63, 3.8) is 0 Å². The Hall–Kier alpha value is -3.59. The van der Waals surface area contributed by atoms with E-state index in [-0.39, 0.29) is 5.56 Å². The predicted molar refractivity (Wildman–Crippen MR) is 122 cm³/mol. The number of aryl methyl sites for hydroxylation is 1. The predicted octanol–water partition coefficient (Wildman–Crippen LogP) is 3.82. The standard InChI is InChI=1S/C22H21BrN4O4/c1-27-10-4-5-16(27)13-24-26-22(29)17-12-15(23)7-8-18(17)25-21(28)14-6-9-19(30-2)20(11-14)31-3/h4-13H,1-3H3,(H,25,28)(H,26,29)/b24-13+. The molecule has 3 rings (SSSR count). The minimum absolute atomic E-state index is 0.257. The largest absolute Gasteiger partial charge is 0.493 e. The Morgan fingerprint density at radius 3 is 2.48 bits per heavy atom. The fraction of sp³-hybridized carbons (Fsp3) is 0.136. The molecule has 0 atom stereocenters. The lowest BCUT2D eigenvalue weighted by Crippen LogP contribution is -2.21.